The van der Waals surface area contributed by atoms with Crippen molar-refractivity contribution >= 4 is 17.9 Å². The first-order valence-corrected chi connectivity index (χ1v) is 9.26. The smallest absolute Gasteiger partial charge is 0.335 e. The van der Waals surface area contributed by atoms with Crippen molar-refractivity contribution in [2.75, 3.05) is 33.3 Å². The number of carbonyl (C=O) groups excluding carboxylic acids is 2. The number of methoxy groups -OCH3 is 1. The predicted octanol–water partition coefficient (Wildman–Crippen LogP) is 2.06. The van der Waals surface area contributed by atoms with Crippen molar-refractivity contribution in [3.63, 3.8) is 0 Å². The van der Waals surface area contributed by atoms with E-state index in [0.717, 1.165) is 5.56 Å². The third-order valence-electron chi connectivity index (χ3n) is 4.82. The number of carboxylic acid groups (broad SMARTS) is 1. The molecule has 0 aliphatic carbocycles. The van der Waals surface area contributed by atoms with Gasteiger partial charge in [-0.3, -0.25) is 4.79 Å². The number of rotatable bonds is 5. The Kier molecular flexibility index (Phi) is 6.33. The van der Waals surface area contributed by atoms with Crippen molar-refractivity contribution < 1.29 is 24.2 Å². The Morgan fingerprint density at radius 1 is 0.966 bits per heavy atom. The van der Waals surface area contributed by atoms with E-state index in [9.17, 15) is 14.4 Å². The van der Waals surface area contributed by atoms with Crippen LogP contribution < -0.4 is 10.1 Å². The number of nitrogens with one attached hydrogen (secondary N) is 1. The largest absolute Gasteiger partial charge is 0.497 e. The highest BCUT2D eigenvalue weighted by Gasteiger charge is 2.25. The summed E-state index contributed by atoms with van der Waals surface area (Å²) in [6.07, 6.45) is 0. The zero-order valence-electron chi connectivity index (χ0n) is 16.1. The lowest BCUT2D eigenvalue weighted by Crippen LogP contribution is -2.53. The number of carboxylic acids is 1. The third-order valence-corrected chi connectivity index (χ3v) is 4.82. The number of amides is 3. The van der Waals surface area contributed by atoms with Gasteiger partial charge in [-0.25, -0.2) is 9.59 Å². The lowest BCUT2D eigenvalue weighted by molar-refractivity contribution is 0.0663. The SMILES string of the molecule is COc1cccc(C(=O)N2CCN(C(=O)NCc3ccc(C(=O)O)cc3)CC2)c1. The van der Waals surface area contributed by atoms with E-state index in [1.807, 2.05) is 0 Å². The van der Waals surface area contributed by atoms with Gasteiger partial charge < -0.3 is 25.0 Å². The van der Waals surface area contributed by atoms with Gasteiger partial charge in [0.2, 0.25) is 0 Å². The monoisotopic (exact) mass is 397 g/mol. The Morgan fingerprint density at radius 2 is 1.62 bits per heavy atom. The number of hydrogen-bond acceptors (Lipinski definition) is 4. The summed E-state index contributed by atoms with van der Waals surface area (Å²) in [7, 11) is 1.56. The van der Waals surface area contributed by atoms with Gasteiger partial charge in [-0.1, -0.05) is 18.2 Å². The summed E-state index contributed by atoms with van der Waals surface area (Å²) in [5, 5.41) is 11.7. The average molecular weight is 397 g/mol. The maximum atomic E-state index is 12.6. The van der Waals surface area contributed by atoms with E-state index in [0.29, 0.717) is 44.0 Å². The Morgan fingerprint density at radius 3 is 2.24 bits per heavy atom. The quantitative estimate of drug-likeness (QED) is 0.805. The summed E-state index contributed by atoms with van der Waals surface area (Å²) in [6.45, 7) is 2.11. The average Bonchev–Trinajstić information content (AvgIpc) is 2.77. The lowest BCUT2D eigenvalue weighted by Gasteiger charge is -2.34. The van der Waals surface area contributed by atoms with Crippen molar-refractivity contribution in [1.82, 2.24) is 15.1 Å². The van der Waals surface area contributed by atoms with Crippen molar-refractivity contribution in [2.45, 2.75) is 6.54 Å². The third kappa shape index (κ3) is 5.04. The number of ether oxygens (including phenoxy) is 1. The van der Waals surface area contributed by atoms with Crippen LogP contribution in [0.2, 0.25) is 0 Å². The summed E-state index contributed by atoms with van der Waals surface area (Å²) in [4.78, 5) is 39.3. The Hall–Kier alpha value is -3.55. The number of hydrogen-bond donors (Lipinski definition) is 2. The molecule has 0 bridgehead atoms. The van der Waals surface area contributed by atoms with Gasteiger partial charge in [0.25, 0.3) is 5.91 Å². The van der Waals surface area contributed by atoms with Gasteiger partial charge in [-0.15, -0.1) is 0 Å². The molecule has 8 nitrogen and oxygen atoms in total. The molecule has 3 rings (SSSR count). The minimum absolute atomic E-state index is 0.0810. The Labute approximate surface area is 168 Å². The topological polar surface area (TPSA) is 99.2 Å². The van der Waals surface area contributed by atoms with Crippen molar-refractivity contribution in [3.05, 3.63) is 65.2 Å². The van der Waals surface area contributed by atoms with Gasteiger partial charge in [-0.05, 0) is 35.9 Å². The molecule has 8 heteroatoms. The van der Waals surface area contributed by atoms with Crippen LogP contribution in [0.5, 0.6) is 5.75 Å². The molecule has 1 aliphatic rings. The highest BCUT2D eigenvalue weighted by atomic mass is 16.5. The van der Waals surface area contributed by atoms with Crippen LogP contribution in [-0.4, -0.2) is 66.1 Å². The number of carbonyl (C=O) groups is 3. The zero-order chi connectivity index (χ0) is 20.8. The summed E-state index contributed by atoms with van der Waals surface area (Å²) in [5.41, 5.74) is 1.58. The van der Waals surface area contributed by atoms with Crippen molar-refractivity contribution in [2.24, 2.45) is 0 Å². The van der Waals surface area contributed by atoms with Gasteiger partial charge in [0.05, 0.1) is 12.7 Å². The maximum Gasteiger partial charge on any atom is 0.335 e. The standard InChI is InChI=1S/C21H23N3O5/c1-29-18-4-2-3-17(13-18)19(25)23-9-11-24(12-10-23)21(28)22-14-15-5-7-16(8-6-15)20(26)27/h2-8,13H,9-12,14H2,1H3,(H,22,28)(H,26,27). The molecule has 2 N–H and O–H groups in total. The van der Waals surface area contributed by atoms with Crippen LogP contribution in [0, 0.1) is 0 Å². The first kappa shape index (κ1) is 20.2. The molecule has 1 aliphatic heterocycles. The molecule has 3 amide bonds. The molecule has 152 valence electrons. The molecule has 0 atom stereocenters. The van der Waals surface area contributed by atoms with Crippen LogP contribution in [0.4, 0.5) is 4.79 Å². The van der Waals surface area contributed by atoms with Gasteiger partial charge in [-0.2, -0.15) is 0 Å². The molecule has 0 radical (unpaired) electrons. The summed E-state index contributed by atoms with van der Waals surface area (Å²) < 4.78 is 5.16. The van der Waals surface area contributed by atoms with Crippen LogP contribution in [0.15, 0.2) is 48.5 Å². The van der Waals surface area contributed by atoms with E-state index < -0.39 is 5.97 Å². The summed E-state index contributed by atoms with van der Waals surface area (Å²) >= 11 is 0. The first-order chi connectivity index (χ1) is 14.0. The van der Waals surface area contributed by atoms with Crippen LogP contribution in [0.25, 0.3) is 0 Å². The van der Waals surface area contributed by atoms with E-state index in [4.69, 9.17) is 9.84 Å². The summed E-state index contributed by atoms with van der Waals surface area (Å²) in [6, 6.07) is 13.2. The number of aromatic carboxylic acids is 1. The molecule has 1 saturated heterocycles. The normalized spacial score (nSPS) is 13.7. The van der Waals surface area contributed by atoms with E-state index in [1.54, 1.807) is 53.3 Å². The van der Waals surface area contributed by atoms with E-state index in [1.165, 1.54) is 12.1 Å². The molecular formula is C21H23N3O5. The molecule has 0 saturated carbocycles. The molecule has 1 heterocycles. The second-order valence-electron chi connectivity index (χ2n) is 6.67. The van der Waals surface area contributed by atoms with Crippen LogP contribution >= 0.6 is 0 Å². The highest BCUT2D eigenvalue weighted by Crippen LogP contribution is 2.15. The van der Waals surface area contributed by atoms with Gasteiger partial charge in [0, 0.05) is 38.3 Å². The molecule has 1 fully saturated rings. The highest BCUT2D eigenvalue weighted by molar-refractivity contribution is 5.94. The molecular weight excluding hydrogens is 374 g/mol. The van der Waals surface area contributed by atoms with Crippen LogP contribution in [0.1, 0.15) is 26.3 Å². The van der Waals surface area contributed by atoms with Crippen LogP contribution in [0.3, 0.4) is 0 Å². The number of piperazine rings is 1. The minimum Gasteiger partial charge on any atom is -0.497 e. The molecule has 2 aromatic rings. The van der Waals surface area contributed by atoms with Gasteiger partial charge in [0.15, 0.2) is 0 Å². The Balaban J connectivity index is 1.48. The predicted molar refractivity (Wildman–Crippen MR) is 106 cm³/mol. The molecule has 2 aromatic carbocycles. The van der Waals surface area contributed by atoms with Gasteiger partial charge >= 0.3 is 12.0 Å². The van der Waals surface area contributed by atoms with E-state index in [2.05, 4.69) is 5.32 Å². The molecule has 0 unspecified atom stereocenters. The fourth-order valence-corrected chi connectivity index (χ4v) is 3.11. The number of nitrogens with zero attached hydrogens (tertiary/aromatic N) is 2. The molecule has 29 heavy (non-hydrogen) atoms. The Bertz CT molecular complexity index is 889. The fourth-order valence-electron chi connectivity index (χ4n) is 3.11. The second-order valence-corrected chi connectivity index (χ2v) is 6.67. The van der Waals surface area contributed by atoms with Crippen molar-refractivity contribution in [3.8, 4) is 5.75 Å². The lowest BCUT2D eigenvalue weighted by atomic mass is 10.1. The number of urea groups is 1. The molecule has 0 spiro atoms. The first-order valence-electron chi connectivity index (χ1n) is 9.26. The molecule has 0 aromatic heterocycles. The van der Waals surface area contributed by atoms with Gasteiger partial charge in [0.1, 0.15) is 5.75 Å². The van der Waals surface area contributed by atoms with E-state index >= 15 is 0 Å². The maximum absolute atomic E-state index is 12.6. The second kappa shape index (κ2) is 9.09. The van der Waals surface area contributed by atoms with Crippen LogP contribution in [-0.2, 0) is 6.54 Å². The minimum atomic E-state index is -0.984. The van der Waals surface area contributed by atoms with E-state index in [-0.39, 0.29) is 17.5 Å². The number of benzene rings is 2. The fraction of sp³-hybridized carbons (Fsp3) is 0.286. The van der Waals surface area contributed by atoms with Crippen molar-refractivity contribution in [1.29, 1.82) is 0 Å². The zero-order valence-corrected chi connectivity index (χ0v) is 16.1. The summed E-state index contributed by atoms with van der Waals surface area (Å²) in [5.74, 6) is -0.435.